The second-order valence-electron chi connectivity index (χ2n) is 9.73. The Morgan fingerprint density at radius 3 is 2.59 bits per heavy atom. The van der Waals surface area contributed by atoms with Crippen LogP contribution < -0.4 is 10.6 Å². The number of nitrogens with one attached hydrogen (secondary N) is 2. The molecule has 1 aliphatic heterocycles. The molecular formula is C28H26ClF2N5O3S2. The summed E-state index contributed by atoms with van der Waals surface area (Å²) in [5.74, 6) is -3.62. The largest absolute Gasteiger partial charge is 0.366 e. The van der Waals surface area contributed by atoms with Crippen molar-refractivity contribution in [2.24, 2.45) is 0 Å². The van der Waals surface area contributed by atoms with Crippen LogP contribution in [0.4, 0.5) is 14.6 Å². The number of alkyl halides is 2. The number of carbonyl (C=O) groups excluding carboxylic acids is 1. The molecule has 8 nitrogen and oxygen atoms in total. The second kappa shape index (κ2) is 11.8. The van der Waals surface area contributed by atoms with Crippen LogP contribution in [0.3, 0.4) is 0 Å². The number of aromatic nitrogens is 2. The molecule has 214 valence electrons. The number of rotatable bonds is 9. The summed E-state index contributed by atoms with van der Waals surface area (Å²) in [4.78, 5) is 22.0. The highest BCUT2D eigenvalue weighted by molar-refractivity contribution is 7.91. The van der Waals surface area contributed by atoms with Gasteiger partial charge in [0.25, 0.3) is 15.9 Å². The first-order valence-electron chi connectivity index (χ1n) is 12.6. The molecule has 0 spiro atoms. The van der Waals surface area contributed by atoms with E-state index in [0.29, 0.717) is 27.9 Å². The van der Waals surface area contributed by atoms with Crippen molar-refractivity contribution in [3.8, 4) is 11.3 Å². The van der Waals surface area contributed by atoms with Crippen LogP contribution in [-0.4, -0.2) is 47.1 Å². The van der Waals surface area contributed by atoms with Crippen LogP contribution in [0.5, 0.6) is 0 Å². The average Bonchev–Trinajstić information content (AvgIpc) is 3.55. The van der Waals surface area contributed by atoms with E-state index in [-0.39, 0.29) is 15.1 Å². The maximum atomic E-state index is 14.4. The Morgan fingerprint density at radius 1 is 1.12 bits per heavy atom. The third-order valence-corrected chi connectivity index (χ3v) is 10.1. The maximum absolute atomic E-state index is 14.4. The summed E-state index contributed by atoms with van der Waals surface area (Å²) in [6.07, 6.45) is 2.50. The van der Waals surface area contributed by atoms with Crippen LogP contribution >= 0.6 is 22.9 Å². The van der Waals surface area contributed by atoms with Crippen LogP contribution in [0.15, 0.2) is 77.3 Å². The van der Waals surface area contributed by atoms with Gasteiger partial charge in [0.2, 0.25) is 5.91 Å². The molecule has 4 aromatic rings. The number of benzene rings is 1. The van der Waals surface area contributed by atoms with Crippen molar-refractivity contribution in [1.29, 1.82) is 0 Å². The average molecular weight is 618 g/mol. The van der Waals surface area contributed by atoms with Gasteiger partial charge in [-0.05, 0) is 48.4 Å². The number of sulfonamides is 1. The highest BCUT2D eigenvalue weighted by Gasteiger charge is 2.53. The lowest BCUT2D eigenvalue weighted by molar-refractivity contribution is -0.124. The molecular weight excluding hydrogens is 592 g/mol. The fraction of sp³-hybridized carbons (Fsp3) is 0.250. The van der Waals surface area contributed by atoms with Gasteiger partial charge in [-0.3, -0.25) is 9.78 Å². The molecule has 2 N–H and O–H groups in total. The summed E-state index contributed by atoms with van der Waals surface area (Å²) in [5.41, 5.74) is 4.19. The summed E-state index contributed by atoms with van der Waals surface area (Å²) < 4.78 is 55.7. The lowest BCUT2D eigenvalue weighted by Crippen LogP contribution is -2.45. The lowest BCUT2D eigenvalue weighted by Gasteiger charge is -2.22. The summed E-state index contributed by atoms with van der Waals surface area (Å²) in [6, 6.07) is 16.1. The molecule has 1 fully saturated rings. The standard InChI is InChI=1S/C28H26ClF2N5O3S2/c1-18-4-6-21(7-5-18)22-11-20(12-25(35-22)33-15-19-3-2-10-32-14-19)16-34-27(37)23-13-28(30,31)17-36(23)41(38,39)26-9-8-24(29)40-26/h2-12,14,23H,13,15-17H2,1H3,(H,33,35)(H,34,37)/t23-/m0/s1. The van der Waals surface area contributed by atoms with Crippen molar-refractivity contribution in [2.45, 2.75) is 42.6 Å². The third kappa shape index (κ3) is 6.89. The molecule has 5 rings (SSSR count). The van der Waals surface area contributed by atoms with Gasteiger partial charge in [-0.1, -0.05) is 47.5 Å². The number of hydrogen-bond acceptors (Lipinski definition) is 7. The molecule has 1 aromatic carbocycles. The quantitative estimate of drug-likeness (QED) is 0.257. The van der Waals surface area contributed by atoms with Crippen molar-refractivity contribution in [3.05, 3.63) is 94.1 Å². The molecule has 13 heteroatoms. The highest BCUT2D eigenvalue weighted by Crippen LogP contribution is 2.38. The van der Waals surface area contributed by atoms with E-state index >= 15 is 0 Å². The molecule has 1 saturated heterocycles. The second-order valence-corrected chi connectivity index (χ2v) is 13.6. The van der Waals surface area contributed by atoms with Crippen LogP contribution in [0.1, 0.15) is 23.1 Å². The van der Waals surface area contributed by atoms with E-state index in [1.54, 1.807) is 24.5 Å². The minimum atomic E-state index is -4.35. The Bertz CT molecular complexity index is 1650. The van der Waals surface area contributed by atoms with Crippen molar-refractivity contribution in [1.82, 2.24) is 19.6 Å². The number of anilines is 1. The minimum absolute atomic E-state index is 0.0252. The van der Waals surface area contributed by atoms with Gasteiger partial charge in [-0.25, -0.2) is 22.2 Å². The number of nitrogens with zero attached hydrogens (tertiary/aromatic N) is 3. The number of thiophene rings is 1. The zero-order valence-corrected chi connectivity index (χ0v) is 24.2. The van der Waals surface area contributed by atoms with E-state index < -0.39 is 40.9 Å². The van der Waals surface area contributed by atoms with Gasteiger partial charge >= 0.3 is 0 Å². The topological polar surface area (TPSA) is 104 Å². The maximum Gasteiger partial charge on any atom is 0.263 e. The molecule has 41 heavy (non-hydrogen) atoms. The van der Waals surface area contributed by atoms with Gasteiger partial charge in [0, 0.05) is 37.5 Å². The van der Waals surface area contributed by atoms with Crippen molar-refractivity contribution < 1.29 is 22.0 Å². The van der Waals surface area contributed by atoms with E-state index in [4.69, 9.17) is 16.6 Å². The number of carbonyl (C=O) groups is 1. The lowest BCUT2D eigenvalue weighted by atomic mass is 10.1. The van der Waals surface area contributed by atoms with Gasteiger partial charge < -0.3 is 10.6 Å². The van der Waals surface area contributed by atoms with E-state index in [0.717, 1.165) is 28.0 Å². The first-order valence-corrected chi connectivity index (χ1v) is 15.3. The zero-order valence-electron chi connectivity index (χ0n) is 21.9. The highest BCUT2D eigenvalue weighted by atomic mass is 35.5. The fourth-order valence-electron chi connectivity index (χ4n) is 4.47. The zero-order chi connectivity index (χ0) is 29.2. The first kappa shape index (κ1) is 29.1. The number of pyridine rings is 2. The molecule has 0 radical (unpaired) electrons. The summed E-state index contributed by atoms with van der Waals surface area (Å²) in [7, 11) is -4.35. The van der Waals surface area contributed by atoms with Crippen LogP contribution in [0.25, 0.3) is 11.3 Å². The SMILES string of the molecule is Cc1ccc(-c2cc(CNC(=O)[C@@H]3CC(F)(F)CN3S(=O)(=O)c3ccc(Cl)s3)cc(NCc3cccnc3)n2)cc1. The number of amides is 1. The predicted molar refractivity (Wildman–Crippen MR) is 154 cm³/mol. The monoisotopic (exact) mass is 617 g/mol. The summed E-state index contributed by atoms with van der Waals surface area (Å²) in [6.45, 7) is 1.33. The summed E-state index contributed by atoms with van der Waals surface area (Å²) in [5, 5.41) is 5.92. The smallest absolute Gasteiger partial charge is 0.263 e. The molecule has 1 amide bonds. The number of hydrogen-bond donors (Lipinski definition) is 2. The van der Waals surface area contributed by atoms with Crippen molar-refractivity contribution in [3.63, 3.8) is 0 Å². The Morgan fingerprint density at radius 2 is 1.90 bits per heavy atom. The van der Waals surface area contributed by atoms with E-state index in [1.807, 2.05) is 43.3 Å². The van der Waals surface area contributed by atoms with Crippen LogP contribution in [-0.2, 0) is 27.9 Å². The van der Waals surface area contributed by atoms with Crippen molar-refractivity contribution >= 4 is 44.7 Å². The molecule has 4 heterocycles. The predicted octanol–water partition coefficient (Wildman–Crippen LogP) is 5.49. The van der Waals surface area contributed by atoms with Crippen LogP contribution in [0.2, 0.25) is 4.34 Å². The van der Waals surface area contributed by atoms with E-state index in [2.05, 4.69) is 15.6 Å². The van der Waals surface area contributed by atoms with E-state index in [9.17, 15) is 22.0 Å². The van der Waals surface area contributed by atoms with Gasteiger partial charge in [0.15, 0.2) is 0 Å². The molecule has 0 saturated carbocycles. The van der Waals surface area contributed by atoms with Gasteiger partial charge in [-0.2, -0.15) is 4.31 Å². The molecule has 0 unspecified atom stereocenters. The minimum Gasteiger partial charge on any atom is -0.366 e. The van der Waals surface area contributed by atoms with Crippen LogP contribution in [0, 0.1) is 6.92 Å². The fourth-order valence-corrected chi connectivity index (χ4v) is 7.70. The first-order chi connectivity index (χ1) is 19.5. The number of aryl methyl sites for hydroxylation is 1. The normalized spacial score (nSPS) is 16.9. The Hall–Kier alpha value is -3.45. The molecule has 3 aromatic heterocycles. The van der Waals surface area contributed by atoms with Crippen molar-refractivity contribution in [2.75, 3.05) is 11.9 Å². The van der Waals surface area contributed by atoms with Gasteiger partial charge in [-0.15, -0.1) is 11.3 Å². The van der Waals surface area contributed by atoms with Gasteiger partial charge in [0.1, 0.15) is 16.1 Å². The molecule has 0 aliphatic carbocycles. The third-order valence-electron chi connectivity index (χ3n) is 6.54. The Labute approximate surface area is 245 Å². The van der Waals surface area contributed by atoms with E-state index in [1.165, 1.54) is 12.1 Å². The molecule has 1 aliphatic rings. The molecule has 1 atom stereocenters. The Kier molecular flexibility index (Phi) is 8.37. The Balaban J connectivity index is 1.37. The summed E-state index contributed by atoms with van der Waals surface area (Å²) >= 11 is 6.63. The van der Waals surface area contributed by atoms with Gasteiger partial charge in [0.05, 0.1) is 16.6 Å². The number of halogens is 3. The molecule has 0 bridgehead atoms.